The van der Waals surface area contributed by atoms with Crippen LogP contribution >= 0.6 is 0 Å². The van der Waals surface area contributed by atoms with Crippen LogP contribution in [-0.2, 0) is 17.8 Å². The molecule has 0 aliphatic heterocycles. The highest BCUT2D eigenvalue weighted by molar-refractivity contribution is 5.36. The highest BCUT2D eigenvalue weighted by Crippen LogP contribution is 2.22. The fraction of sp³-hybridized carbons (Fsp3) is 0.538. The second kappa shape index (κ2) is 18.6. The molecule has 0 radical (unpaired) electrons. The molecule has 2 aromatic carbocycles. The normalized spacial score (nSPS) is 11.6. The highest BCUT2D eigenvalue weighted by atomic mass is 16.5. The Labute approximate surface area is 192 Å². The van der Waals surface area contributed by atoms with E-state index in [1.165, 1.54) is 18.1 Å². The third-order valence-electron chi connectivity index (χ3n) is 5.24. The van der Waals surface area contributed by atoms with Gasteiger partial charge in [-0.15, -0.1) is 0 Å². The van der Waals surface area contributed by atoms with E-state index < -0.39 is 6.10 Å². The van der Waals surface area contributed by atoms with E-state index in [2.05, 4.69) is 35.6 Å². The van der Waals surface area contributed by atoms with Crippen molar-refractivity contribution in [1.29, 1.82) is 0 Å². The molecule has 2 rings (SSSR count). The van der Waals surface area contributed by atoms with E-state index in [0.717, 1.165) is 65.4 Å². The number of aryl methyl sites for hydroxylation is 1. The van der Waals surface area contributed by atoms with Crippen molar-refractivity contribution >= 4 is 0 Å². The summed E-state index contributed by atoms with van der Waals surface area (Å²) in [6, 6.07) is 15.4. The van der Waals surface area contributed by atoms with Gasteiger partial charge in [0.2, 0.25) is 0 Å². The number of rotatable bonds is 16. The molecule has 0 aliphatic rings. The lowest BCUT2D eigenvalue weighted by Gasteiger charge is -2.14. The van der Waals surface area contributed by atoms with Crippen LogP contribution in [0.25, 0.3) is 0 Å². The third-order valence-corrected chi connectivity index (χ3v) is 5.24. The van der Waals surface area contributed by atoms with Gasteiger partial charge in [0.15, 0.2) is 0 Å². The van der Waals surface area contributed by atoms with Crippen LogP contribution in [0.15, 0.2) is 48.5 Å². The second-order valence-electron chi connectivity index (χ2n) is 7.74. The van der Waals surface area contributed by atoms with Crippen molar-refractivity contribution in [3.8, 4) is 5.75 Å². The van der Waals surface area contributed by atoms with Gasteiger partial charge in [-0.2, -0.15) is 0 Å². The first kappa shape index (κ1) is 28.1. The molecule has 0 spiro atoms. The Hall–Kier alpha value is -1.96. The molecule has 6 heteroatoms. The molecule has 6 nitrogen and oxygen atoms in total. The molecule has 2 aromatic rings. The number of phenols is 1. The maximum absolute atomic E-state index is 10.2. The number of unbranched alkanes of at least 4 members (excludes halogenated alkanes) is 4. The molecule has 0 bridgehead atoms. The number of aliphatic hydroxyl groups excluding tert-OH is 3. The van der Waals surface area contributed by atoms with E-state index >= 15 is 0 Å². The molecule has 180 valence electrons. The third kappa shape index (κ3) is 12.2. The number of hydrogen-bond acceptors (Lipinski definition) is 6. The quantitative estimate of drug-likeness (QED) is 0.251. The Morgan fingerprint density at radius 2 is 1.56 bits per heavy atom. The summed E-state index contributed by atoms with van der Waals surface area (Å²) in [7, 11) is 1.00. The van der Waals surface area contributed by atoms with Gasteiger partial charge in [-0.3, -0.25) is 0 Å². The fourth-order valence-electron chi connectivity index (χ4n) is 3.38. The molecule has 0 saturated heterocycles. The van der Waals surface area contributed by atoms with Gasteiger partial charge in [0.1, 0.15) is 5.75 Å². The summed E-state index contributed by atoms with van der Waals surface area (Å²) >= 11 is 0. The number of ether oxygens (including phenoxy) is 1. The van der Waals surface area contributed by atoms with Crippen LogP contribution in [0.4, 0.5) is 0 Å². The average Bonchev–Trinajstić information content (AvgIpc) is 2.84. The molecule has 0 fully saturated rings. The largest absolute Gasteiger partial charge is 0.508 e. The summed E-state index contributed by atoms with van der Waals surface area (Å²) in [5.41, 5.74) is 2.53. The summed E-state index contributed by atoms with van der Waals surface area (Å²) in [6.07, 6.45) is 7.24. The molecule has 5 N–H and O–H groups in total. The maximum Gasteiger partial charge on any atom is 0.121 e. The van der Waals surface area contributed by atoms with E-state index in [0.29, 0.717) is 17.7 Å². The Bertz CT molecular complexity index is 696. The highest BCUT2D eigenvalue weighted by Gasteiger charge is 2.09. The van der Waals surface area contributed by atoms with Crippen molar-refractivity contribution in [2.45, 2.75) is 57.7 Å². The Kier molecular flexibility index (Phi) is 16.3. The van der Waals surface area contributed by atoms with Crippen molar-refractivity contribution < 1.29 is 25.2 Å². The first-order valence-corrected chi connectivity index (χ1v) is 11.6. The monoisotopic (exact) mass is 447 g/mol. The molecule has 0 saturated carbocycles. The summed E-state index contributed by atoms with van der Waals surface area (Å²) in [5.74, 6) is 0.0533. The number of nitrogens with one attached hydrogen (secondary N) is 1. The first-order chi connectivity index (χ1) is 15.7. The minimum Gasteiger partial charge on any atom is -0.508 e. The van der Waals surface area contributed by atoms with Crippen LogP contribution in [0, 0.1) is 0 Å². The lowest BCUT2D eigenvalue weighted by Crippen LogP contribution is -2.22. The maximum atomic E-state index is 10.2. The van der Waals surface area contributed by atoms with E-state index in [1.54, 1.807) is 12.1 Å². The SMILES string of the molecule is CO.OCc1cc(C(O)CNCCCCCCOCCCCc2ccccc2)ccc1O. The topological polar surface area (TPSA) is 102 Å². The van der Waals surface area contributed by atoms with Gasteiger partial charge in [-0.05, 0) is 61.9 Å². The summed E-state index contributed by atoms with van der Waals surface area (Å²) in [5, 5.41) is 39.3. The molecule has 1 unspecified atom stereocenters. The van der Waals surface area contributed by atoms with Crippen LogP contribution in [0.3, 0.4) is 0 Å². The van der Waals surface area contributed by atoms with E-state index in [9.17, 15) is 15.3 Å². The molecule has 0 amide bonds. The minimum atomic E-state index is -0.647. The van der Waals surface area contributed by atoms with Gasteiger partial charge in [0, 0.05) is 32.4 Å². The van der Waals surface area contributed by atoms with Gasteiger partial charge in [-0.25, -0.2) is 0 Å². The fourth-order valence-corrected chi connectivity index (χ4v) is 3.38. The van der Waals surface area contributed by atoms with Gasteiger partial charge < -0.3 is 30.5 Å². The first-order valence-electron chi connectivity index (χ1n) is 11.6. The molecule has 1 atom stereocenters. The average molecular weight is 448 g/mol. The van der Waals surface area contributed by atoms with Crippen LogP contribution in [0.2, 0.25) is 0 Å². The zero-order valence-corrected chi connectivity index (χ0v) is 19.4. The van der Waals surface area contributed by atoms with Crippen molar-refractivity contribution in [2.75, 3.05) is 33.4 Å². The number of hydrogen-bond donors (Lipinski definition) is 5. The summed E-state index contributed by atoms with van der Waals surface area (Å²) < 4.78 is 5.72. The summed E-state index contributed by atoms with van der Waals surface area (Å²) in [6.45, 7) is 2.77. The summed E-state index contributed by atoms with van der Waals surface area (Å²) in [4.78, 5) is 0. The van der Waals surface area contributed by atoms with Crippen LogP contribution in [0.5, 0.6) is 5.75 Å². The standard InChI is InChI=1S/C25H37NO4.CH4O/c27-20-23-18-22(13-14-24(23)28)25(29)19-26-15-7-1-2-8-16-30-17-9-6-12-21-10-4-3-5-11-21;1-2/h3-5,10-11,13-14,18,25-29H,1-2,6-9,12,15-17,19-20H2;2H,1H3. The van der Waals surface area contributed by atoms with Crippen molar-refractivity contribution in [2.24, 2.45) is 0 Å². The Morgan fingerprint density at radius 3 is 2.28 bits per heavy atom. The van der Waals surface area contributed by atoms with Gasteiger partial charge in [-0.1, -0.05) is 49.2 Å². The number of aromatic hydroxyl groups is 1. The molecule has 0 aromatic heterocycles. The van der Waals surface area contributed by atoms with Gasteiger partial charge >= 0.3 is 0 Å². The number of aliphatic hydroxyl groups is 3. The molecule has 32 heavy (non-hydrogen) atoms. The smallest absolute Gasteiger partial charge is 0.121 e. The van der Waals surface area contributed by atoms with E-state index in [-0.39, 0.29) is 12.4 Å². The molecule has 0 heterocycles. The Morgan fingerprint density at radius 1 is 0.875 bits per heavy atom. The predicted octanol–water partition coefficient (Wildman–Crippen LogP) is 3.72. The Balaban J connectivity index is 0.00000249. The molecular formula is C26H41NO5. The molecule has 0 aliphatic carbocycles. The van der Waals surface area contributed by atoms with Crippen LogP contribution in [0.1, 0.15) is 61.3 Å². The minimum absolute atomic E-state index is 0.0533. The zero-order valence-electron chi connectivity index (χ0n) is 19.4. The lowest BCUT2D eigenvalue weighted by atomic mass is 10.1. The van der Waals surface area contributed by atoms with Crippen molar-refractivity contribution in [1.82, 2.24) is 5.32 Å². The van der Waals surface area contributed by atoms with E-state index in [4.69, 9.17) is 9.84 Å². The van der Waals surface area contributed by atoms with Gasteiger partial charge in [0.05, 0.1) is 12.7 Å². The zero-order chi connectivity index (χ0) is 23.4. The predicted molar refractivity (Wildman–Crippen MR) is 129 cm³/mol. The van der Waals surface area contributed by atoms with Crippen LogP contribution < -0.4 is 5.32 Å². The molecular weight excluding hydrogens is 406 g/mol. The lowest BCUT2D eigenvalue weighted by molar-refractivity contribution is 0.126. The van der Waals surface area contributed by atoms with Crippen molar-refractivity contribution in [3.63, 3.8) is 0 Å². The van der Waals surface area contributed by atoms with Gasteiger partial charge in [0.25, 0.3) is 0 Å². The number of benzene rings is 2. The van der Waals surface area contributed by atoms with Crippen LogP contribution in [-0.4, -0.2) is 53.8 Å². The van der Waals surface area contributed by atoms with Crippen molar-refractivity contribution in [3.05, 3.63) is 65.2 Å². The second-order valence-corrected chi connectivity index (χ2v) is 7.74. The van der Waals surface area contributed by atoms with E-state index in [1.807, 2.05) is 0 Å².